The molecule has 0 unspecified atom stereocenters. The van der Waals surface area contributed by atoms with Crippen LogP contribution in [-0.2, 0) is 9.53 Å². The number of halogens is 1. The molecule has 2 nitrogen and oxygen atoms in total. The molecule has 0 aromatic heterocycles. The average molecular weight is 235 g/mol. The van der Waals surface area contributed by atoms with Gasteiger partial charge in [-0.1, -0.05) is 15.9 Å². The normalized spacial score (nSPS) is 18.1. The third-order valence-electron chi connectivity index (χ3n) is 2.11. The third-order valence-corrected chi connectivity index (χ3v) is 2.68. The predicted molar refractivity (Wildman–Crippen MR) is 51.4 cm³/mol. The van der Waals surface area contributed by atoms with Crippen molar-refractivity contribution in [1.29, 1.82) is 0 Å². The molecular formula is C9H15BrO2. The average Bonchev–Trinajstić information content (AvgIpc) is 2.53. The van der Waals surface area contributed by atoms with Crippen LogP contribution >= 0.6 is 15.9 Å². The molecule has 0 radical (unpaired) electrons. The molecule has 1 aliphatic carbocycles. The van der Waals surface area contributed by atoms with E-state index in [0.717, 1.165) is 24.6 Å². The Labute approximate surface area is 81.8 Å². The largest absolute Gasteiger partial charge is 0.462 e. The number of ether oxygens (including phenoxy) is 1. The van der Waals surface area contributed by atoms with Gasteiger partial charge in [-0.25, -0.2) is 0 Å². The molecule has 1 fully saturated rings. The van der Waals surface area contributed by atoms with Gasteiger partial charge in [0, 0.05) is 11.8 Å². The van der Waals surface area contributed by atoms with Crippen molar-refractivity contribution in [2.45, 2.75) is 44.6 Å². The van der Waals surface area contributed by atoms with E-state index in [1.807, 2.05) is 0 Å². The summed E-state index contributed by atoms with van der Waals surface area (Å²) < 4.78 is 5.25. The van der Waals surface area contributed by atoms with Crippen LogP contribution in [-0.4, -0.2) is 17.4 Å². The van der Waals surface area contributed by atoms with Crippen LogP contribution in [0.5, 0.6) is 0 Å². The summed E-state index contributed by atoms with van der Waals surface area (Å²) in [5.74, 6) is -0.0265. The van der Waals surface area contributed by atoms with Crippen molar-refractivity contribution in [3.05, 3.63) is 0 Å². The quantitative estimate of drug-likeness (QED) is 0.553. The molecule has 3 heteroatoms. The Morgan fingerprint density at radius 3 is 2.67 bits per heavy atom. The van der Waals surface area contributed by atoms with Gasteiger partial charge in [0.05, 0.1) is 0 Å². The number of hydrogen-bond acceptors (Lipinski definition) is 2. The highest BCUT2D eigenvalue weighted by molar-refractivity contribution is 9.09. The zero-order valence-corrected chi connectivity index (χ0v) is 8.81. The maximum atomic E-state index is 11.1. The minimum absolute atomic E-state index is 0.0265. The fourth-order valence-corrected chi connectivity index (χ4v) is 1.74. The first-order chi connectivity index (χ1) is 5.83. The summed E-state index contributed by atoms with van der Waals surface area (Å²) in [4.78, 5) is 11.1. The van der Waals surface area contributed by atoms with Gasteiger partial charge in [-0.3, -0.25) is 4.79 Å². The van der Waals surface area contributed by atoms with Gasteiger partial charge >= 0.3 is 5.97 Å². The Balaban J connectivity index is 2.08. The molecule has 1 rings (SSSR count). The first-order valence-electron chi connectivity index (χ1n) is 4.58. The lowest BCUT2D eigenvalue weighted by atomic mass is 10.3. The summed E-state index contributed by atoms with van der Waals surface area (Å²) in [7, 11) is 0. The second-order valence-corrected chi connectivity index (χ2v) is 3.98. The summed E-state index contributed by atoms with van der Waals surface area (Å²) in [5, 5.41) is 0.882. The molecule has 0 saturated heterocycles. The van der Waals surface area contributed by atoms with Crippen molar-refractivity contribution in [3.63, 3.8) is 0 Å². The first-order valence-corrected chi connectivity index (χ1v) is 5.70. The Morgan fingerprint density at radius 1 is 1.42 bits per heavy atom. The van der Waals surface area contributed by atoms with Crippen LogP contribution < -0.4 is 0 Å². The summed E-state index contributed by atoms with van der Waals surface area (Å²) in [6.45, 7) is 0. The standard InChI is InChI=1S/C9H15BrO2/c10-7-3-6-9(11)12-8-4-1-2-5-8/h8H,1-7H2. The summed E-state index contributed by atoms with van der Waals surface area (Å²) in [6.07, 6.45) is 6.24. The van der Waals surface area contributed by atoms with E-state index in [-0.39, 0.29) is 12.1 Å². The Hall–Kier alpha value is -0.0500. The van der Waals surface area contributed by atoms with E-state index in [2.05, 4.69) is 15.9 Å². The van der Waals surface area contributed by atoms with Gasteiger partial charge in [0.15, 0.2) is 0 Å². The van der Waals surface area contributed by atoms with Crippen molar-refractivity contribution in [3.8, 4) is 0 Å². The van der Waals surface area contributed by atoms with Gasteiger partial charge in [0.1, 0.15) is 6.10 Å². The van der Waals surface area contributed by atoms with E-state index in [0.29, 0.717) is 6.42 Å². The molecule has 1 aliphatic rings. The topological polar surface area (TPSA) is 26.3 Å². The van der Waals surface area contributed by atoms with E-state index >= 15 is 0 Å². The number of hydrogen-bond donors (Lipinski definition) is 0. The molecule has 0 aromatic rings. The Morgan fingerprint density at radius 2 is 2.08 bits per heavy atom. The highest BCUT2D eigenvalue weighted by atomic mass is 79.9. The minimum atomic E-state index is -0.0265. The van der Waals surface area contributed by atoms with Crippen molar-refractivity contribution < 1.29 is 9.53 Å². The molecule has 0 atom stereocenters. The zero-order chi connectivity index (χ0) is 8.81. The fourth-order valence-electron chi connectivity index (χ4n) is 1.46. The van der Waals surface area contributed by atoms with E-state index in [1.54, 1.807) is 0 Å². The zero-order valence-electron chi connectivity index (χ0n) is 7.22. The predicted octanol–water partition coefficient (Wildman–Crippen LogP) is 2.65. The highest BCUT2D eigenvalue weighted by Gasteiger charge is 2.18. The van der Waals surface area contributed by atoms with Gasteiger partial charge in [-0.2, -0.15) is 0 Å². The van der Waals surface area contributed by atoms with Gasteiger partial charge in [-0.15, -0.1) is 0 Å². The summed E-state index contributed by atoms with van der Waals surface area (Å²) in [5.41, 5.74) is 0. The molecular weight excluding hydrogens is 220 g/mol. The molecule has 0 heterocycles. The van der Waals surface area contributed by atoms with E-state index in [9.17, 15) is 4.79 Å². The van der Waals surface area contributed by atoms with Crippen molar-refractivity contribution in [2.75, 3.05) is 5.33 Å². The smallest absolute Gasteiger partial charge is 0.306 e. The van der Waals surface area contributed by atoms with Gasteiger partial charge in [0.2, 0.25) is 0 Å². The number of carbonyl (C=O) groups excluding carboxylic acids is 1. The SMILES string of the molecule is O=C(CCCBr)OC1CCCC1. The number of alkyl halides is 1. The molecule has 0 spiro atoms. The van der Waals surface area contributed by atoms with Crippen LogP contribution in [0.25, 0.3) is 0 Å². The van der Waals surface area contributed by atoms with Crippen LogP contribution in [0.2, 0.25) is 0 Å². The number of rotatable bonds is 4. The summed E-state index contributed by atoms with van der Waals surface area (Å²) >= 11 is 3.28. The van der Waals surface area contributed by atoms with Crippen molar-refractivity contribution >= 4 is 21.9 Å². The maximum absolute atomic E-state index is 11.1. The van der Waals surface area contributed by atoms with Crippen LogP contribution in [0.3, 0.4) is 0 Å². The fraction of sp³-hybridized carbons (Fsp3) is 0.889. The lowest BCUT2D eigenvalue weighted by Gasteiger charge is -2.10. The molecule has 0 aliphatic heterocycles. The molecule has 0 N–H and O–H groups in total. The van der Waals surface area contributed by atoms with Crippen molar-refractivity contribution in [2.24, 2.45) is 0 Å². The lowest BCUT2D eigenvalue weighted by Crippen LogP contribution is -2.14. The minimum Gasteiger partial charge on any atom is -0.462 e. The second-order valence-electron chi connectivity index (χ2n) is 3.19. The lowest BCUT2D eigenvalue weighted by molar-refractivity contribution is -0.148. The first kappa shape index (κ1) is 10.0. The van der Waals surface area contributed by atoms with Crippen LogP contribution in [0.1, 0.15) is 38.5 Å². The van der Waals surface area contributed by atoms with Crippen LogP contribution in [0, 0.1) is 0 Å². The monoisotopic (exact) mass is 234 g/mol. The second kappa shape index (κ2) is 5.57. The molecule has 0 amide bonds. The van der Waals surface area contributed by atoms with E-state index in [1.165, 1.54) is 12.8 Å². The molecule has 0 bridgehead atoms. The highest BCUT2D eigenvalue weighted by Crippen LogP contribution is 2.21. The van der Waals surface area contributed by atoms with E-state index < -0.39 is 0 Å². The maximum Gasteiger partial charge on any atom is 0.306 e. The van der Waals surface area contributed by atoms with Crippen molar-refractivity contribution in [1.82, 2.24) is 0 Å². The number of esters is 1. The van der Waals surface area contributed by atoms with Crippen LogP contribution in [0.4, 0.5) is 0 Å². The molecule has 0 aromatic carbocycles. The van der Waals surface area contributed by atoms with Gasteiger partial charge in [0.25, 0.3) is 0 Å². The van der Waals surface area contributed by atoms with Gasteiger partial charge < -0.3 is 4.74 Å². The molecule has 12 heavy (non-hydrogen) atoms. The summed E-state index contributed by atoms with van der Waals surface area (Å²) in [6, 6.07) is 0. The molecule has 1 saturated carbocycles. The number of carbonyl (C=O) groups is 1. The van der Waals surface area contributed by atoms with E-state index in [4.69, 9.17) is 4.74 Å². The van der Waals surface area contributed by atoms with Gasteiger partial charge in [-0.05, 0) is 32.1 Å². The Kier molecular flexibility index (Phi) is 4.66. The van der Waals surface area contributed by atoms with Crippen LogP contribution in [0.15, 0.2) is 0 Å². The Bertz CT molecular complexity index is 141. The third kappa shape index (κ3) is 3.57. The molecule has 70 valence electrons.